The van der Waals surface area contributed by atoms with Crippen LogP contribution in [0.4, 0.5) is 5.69 Å². The number of benzene rings is 1. The van der Waals surface area contributed by atoms with Crippen LogP contribution in [0.3, 0.4) is 0 Å². The lowest BCUT2D eigenvalue weighted by molar-refractivity contribution is -0.119. The highest BCUT2D eigenvalue weighted by molar-refractivity contribution is 6.40. The molecule has 0 aliphatic rings. The number of halogens is 2. The number of rotatable bonds is 2. The zero-order chi connectivity index (χ0) is 14.1. The van der Waals surface area contributed by atoms with Gasteiger partial charge in [-0.25, -0.2) is 0 Å². The van der Waals surface area contributed by atoms with Gasteiger partial charge in [0.2, 0.25) is 5.91 Å². The topological polar surface area (TPSA) is 55.1 Å². The SMILES string of the molecule is Cc1ccc(Cl)c(NC(=O)[C@H](N)C(C)(C)C)c1Cl. The molecular weight excluding hydrogens is 271 g/mol. The average molecular weight is 289 g/mol. The number of hydrogen-bond acceptors (Lipinski definition) is 2. The van der Waals surface area contributed by atoms with Gasteiger partial charge in [0.25, 0.3) is 0 Å². The second kappa shape index (κ2) is 5.47. The molecule has 3 nitrogen and oxygen atoms in total. The molecule has 100 valence electrons. The summed E-state index contributed by atoms with van der Waals surface area (Å²) in [7, 11) is 0. The van der Waals surface area contributed by atoms with Crippen molar-refractivity contribution in [3.8, 4) is 0 Å². The van der Waals surface area contributed by atoms with Gasteiger partial charge in [0.15, 0.2) is 0 Å². The van der Waals surface area contributed by atoms with Crippen molar-refractivity contribution < 1.29 is 4.79 Å². The van der Waals surface area contributed by atoms with Gasteiger partial charge in [0.1, 0.15) is 0 Å². The molecule has 0 saturated carbocycles. The normalized spacial score (nSPS) is 13.3. The molecule has 0 bridgehead atoms. The maximum absolute atomic E-state index is 12.0. The minimum atomic E-state index is -0.634. The molecule has 0 radical (unpaired) electrons. The summed E-state index contributed by atoms with van der Waals surface area (Å²) < 4.78 is 0. The van der Waals surface area contributed by atoms with Crippen LogP contribution in [0.1, 0.15) is 26.3 Å². The molecule has 0 heterocycles. The summed E-state index contributed by atoms with van der Waals surface area (Å²) in [5.74, 6) is -0.295. The largest absolute Gasteiger partial charge is 0.322 e. The van der Waals surface area contributed by atoms with Gasteiger partial charge in [0, 0.05) is 0 Å². The Balaban J connectivity index is 2.99. The van der Waals surface area contributed by atoms with E-state index in [1.165, 1.54) is 0 Å². The molecule has 1 aromatic carbocycles. The van der Waals surface area contributed by atoms with E-state index >= 15 is 0 Å². The van der Waals surface area contributed by atoms with Crippen LogP contribution in [-0.2, 0) is 4.79 Å². The van der Waals surface area contributed by atoms with Gasteiger partial charge in [-0.15, -0.1) is 0 Å². The monoisotopic (exact) mass is 288 g/mol. The van der Waals surface area contributed by atoms with Gasteiger partial charge >= 0.3 is 0 Å². The lowest BCUT2D eigenvalue weighted by Crippen LogP contribution is -2.45. The third-order valence-corrected chi connectivity index (χ3v) is 3.55. The van der Waals surface area contributed by atoms with Crippen molar-refractivity contribution in [2.45, 2.75) is 33.7 Å². The van der Waals surface area contributed by atoms with Gasteiger partial charge in [0.05, 0.1) is 21.8 Å². The Labute approximate surface area is 118 Å². The first-order valence-corrected chi connectivity index (χ1v) is 6.41. The van der Waals surface area contributed by atoms with Crippen molar-refractivity contribution >= 4 is 34.8 Å². The fourth-order valence-electron chi connectivity index (χ4n) is 1.37. The number of carbonyl (C=O) groups is 1. The van der Waals surface area contributed by atoms with E-state index in [1.807, 2.05) is 27.7 Å². The van der Waals surface area contributed by atoms with E-state index in [2.05, 4.69) is 5.32 Å². The van der Waals surface area contributed by atoms with Crippen LogP contribution in [0.25, 0.3) is 0 Å². The highest BCUT2D eigenvalue weighted by atomic mass is 35.5. The highest BCUT2D eigenvalue weighted by Gasteiger charge is 2.28. The molecule has 1 aromatic rings. The zero-order valence-corrected chi connectivity index (χ0v) is 12.5. The predicted octanol–water partition coefficient (Wildman–Crippen LogP) is 3.61. The van der Waals surface area contributed by atoms with E-state index in [1.54, 1.807) is 12.1 Å². The molecule has 0 aliphatic carbocycles. The van der Waals surface area contributed by atoms with Crippen molar-refractivity contribution in [3.63, 3.8) is 0 Å². The highest BCUT2D eigenvalue weighted by Crippen LogP contribution is 2.33. The van der Waals surface area contributed by atoms with Crippen LogP contribution in [0.5, 0.6) is 0 Å². The van der Waals surface area contributed by atoms with E-state index in [0.717, 1.165) is 5.56 Å². The van der Waals surface area contributed by atoms with Gasteiger partial charge in [-0.3, -0.25) is 4.79 Å². The van der Waals surface area contributed by atoms with Gasteiger partial charge in [-0.2, -0.15) is 0 Å². The van der Waals surface area contributed by atoms with Crippen LogP contribution in [0, 0.1) is 12.3 Å². The molecule has 0 aromatic heterocycles. The van der Waals surface area contributed by atoms with Gasteiger partial charge < -0.3 is 11.1 Å². The second-order valence-electron chi connectivity index (χ2n) is 5.39. The van der Waals surface area contributed by atoms with Crippen molar-refractivity contribution in [1.82, 2.24) is 0 Å². The third-order valence-electron chi connectivity index (χ3n) is 2.75. The Morgan fingerprint density at radius 1 is 1.33 bits per heavy atom. The minimum absolute atomic E-state index is 0.295. The summed E-state index contributed by atoms with van der Waals surface area (Å²) in [6, 6.07) is 2.86. The van der Waals surface area contributed by atoms with Gasteiger partial charge in [-0.05, 0) is 24.0 Å². The summed E-state index contributed by atoms with van der Waals surface area (Å²) in [6.45, 7) is 7.54. The van der Waals surface area contributed by atoms with Crippen LogP contribution in [0.2, 0.25) is 10.0 Å². The fraction of sp³-hybridized carbons (Fsp3) is 0.462. The average Bonchev–Trinajstić information content (AvgIpc) is 2.27. The molecule has 0 unspecified atom stereocenters. The molecule has 5 heteroatoms. The lowest BCUT2D eigenvalue weighted by Gasteiger charge is -2.26. The Bertz CT molecular complexity index is 467. The molecule has 1 amide bonds. The van der Waals surface area contributed by atoms with Crippen molar-refractivity contribution in [2.24, 2.45) is 11.1 Å². The molecule has 1 atom stereocenters. The van der Waals surface area contributed by atoms with E-state index in [4.69, 9.17) is 28.9 Å². The third kappa shape index (κ3) is 3.37. The smallest absolute Gasteiger partial charge is 0.241 e. The number of anilines is 1. The standard InChI is InChI=1S/C13H18Cl2N2O/c1-7-5-6-8(14)10(9(7)15)17-12(18)11(16)13(2,3)4/h5-6,11H,16H2,1-4H3,(H,17,18)/t11-/m0/s1. The molecule has 0 aliphatic heterocycles. The molecule has 0 saturated heterocycles. The number of nitrogens with two attached hydrogens (primary N) is 1. The maximum Gasteiger partial charge on any atom is 0.241 e. The Kier molecular flexibility index (Phi) is 4.65. The molecule has 18 heavy (non-hydrogen) atoms. The lowest BCUT2D eigenvalue weighted by atomic mass is 9.87. The van der Waals surface area contributed by atoms with Crippen molar-refractivity contribution in [1.29, 1.82) is 0 Å². The van der Waals surface area contributed by atoms with Crippen molar-refractivity contribution in [2.75, 3.05) is 5.32 Å². The number of aryl methyl sites for hydroxylation is 1. The minimum Gasteiger partial charge on any atom is -0.322 e. The first-order chi connectivity index (χ1) is 8.14. The maximum atomic E-state index is 12.0. The predicted molar refractivity (Wildman–Crippen MR) is 77.3 cm³/mol. The first kappa shape index (κ1) is 15.3. The Hall–Kier alpha value is -0.770. The quantitative estimate of drug-likeness (QED) is 0.873. The van der Waals surface area contributed by atoms with Crippen LogP contribution in [0.15, 0.2) is 12.1 Å². The number of carbonyl (C=O) groups excluding carboxylic acids is 1. The first-order valence-electron chi connectivity index (χ1n) is 5.65. The fourth-order valence-corrected chi connectivity index (χ4v) is 1.83. The molecule has 1 rings (SSSR count). The van der Waals surface area contributed by atoms with Crippen LogP contribution < -0.4 is 11.1 Å². The molecule has 3 N–H and O–H groups in total. The summed E-state index contributed by atoms with van der Waals surface area (Å²) in [6.07, 6.45) is 0. The number of amides is 1. The summed E-state index contributed by atoms with van der Waals surface area (Å²) in [5, 5.41) is 3.54. The summed E-state index contributed by atoms with van der Waals surface area (Å²) >= 11 is 12.1. The molecule has 0 spiro atoms. The summed E-state index contributed by atoms with van der Waals surface area (Å²) in [5.41, 5.74) is 6.82. The van der Waals surface area contributed by atoms with E-state index in [0.29, 0.717) is 15.7 Å². The number of hydrogen-bond donors (Lipinski definition) is 2. The molecular formula is C13H18Cl2N2O. The van der Waals surface area contributed by atoms with Crippen molar-refractivity contribution in [3.05, 3.63) is 27.7 Å². The van der Waals surface area contributed by atoms with E-state index < -0.39 is 6.04 Å². The Morgan fingerprint density at radius 2 is 1.89 bits per heavy atom. The van der Waals surface area contributed by atoms with E-state index in [-0.39, 0.29) is 11.3 Å². The van der Waals surface area contributed by atoms with E-state index in [9.17, 15) is 4.79 Å². The summed E-state index contributed by atoms with van der Waals surface area (Å²) in [4.78, 5) is 12.0. The van der Waals surface area contributed by atoms with Crippen LogP contribution in [-0.4, -0.2) is 11.9 Å². The second-order valence-corrected chi connectivity index (χ2v) is 6.17. The van der Waals surface area contributed by atoms with Gasteiger partial charge in [-0.1, -0.05) is 50.0 Å². The van der Waals surface area contributed by atoms with Crippen LogP contribution >= 0.6 is 23.2 Å². The Morgan fingerprint density at radius 3 is 2.39 bits per heavy atom. The number of nitrogens with one attached hydrogen (secondary N) is 1. The zero-order valence-electron chi connectivity index (χ0n) is 11.0. The molecule has 0 fully saturated rings.